The zero-order chi connectivity index (χ0) is 66.1. The summed E-state index contributed by atoms with van der Waals surface area (Å²) >= 11 is 0. The van der Waals surface area contributed by atoms with E-state index < -0.39 is 97.5 Å². The third-order valence-electron chi connectivity index (χ3n) is 16.4. The number of hydrogen-bond acceptors (Lipinski definition) is 15. The number of aliphatic hydroxyl groups is 1. The van der Waals surface area contributed by atoms with Gasteiger partial charge in [-0.1, -0.05) is 293 Å². The minimum Gasteiger partial charge on any atom is -0.462 e. The van der Waals surface area contributed by atoms with Crippen LogP contribution in [0.2, 0.25) is 0 Å². The Bertz CT molecular complexity index is 1770. The Labute approximate surface area is 543 Å². The number of ether oxygens (including phenoxy) is 4. The van der Waals surface area contributed by atoms with Gasteiger partial charge in [-0.3, -0.25) is 37.3 Å². The van der Waals surface area contributed by atoms with Crippen molar-refractivity contribution in [3.8, 4) is 0 Å². The molecule has 89 heavy (non-hydrogen) atoms. The molecule has 0 saturated carbocycles. The molecule has 0 radical (unpaired) electrons. The van der Waals surface area contributed by atoms with Crippen molar-refractivity contribution in [2.45, 2.75) is 363 Å². The predicted octanol–water partition coefficient (Wildman–Crippen LogP) is 19.7. The van der Waals surface area contributed by atoms with E-state index in [0.29, 0.717) is 37.5 Å². The molecule has 19 heteroatoms. The Balaban J connectivity index is 5.22. The third kappa shape index (κ3) is 63.2. The first-order chi connectivity index (χ1) is 42.6. The van der Waals surface area contributed by atoms with Crippen molar-refractivity contribution in [3.63, 3.8) is 0 Å². The lowest BCUT2D eigenvalue weighted by molar-refractivity contribution is -0.161. The first-order valence-electron chi connectivity index (χ1n) is 36.2. The highest BCUT2D eigenvalue weighted by atomic mass is 31.2. The molecule has 17 nitrogen and oxygen atoms in total. The minimum atomic E-state index is -4.95. The summed E-state index contributed by atoms with van der Waals surface area (Å²) < 4.78 is 68.2. The molecule has 528 valence electrons. The molecule has 0 aliphatic carbocycles. The van der Waals surface area contributed by atoms with Crippen LogP contribution in [0.4, 0.5) is 0 Å². The van der Waals surface area contributed by atoms with E-state index in [9.17, 15) is 43.2 Å². The number of carbonyl (C=O) groups is 4. The number of carbonyl (C=O) groups excluding carboxylic acids is 4. The molecular weight excluding hydrogens is 1170 g/mol. The molecule has 0 saturated heterocycles. The summed E-state index contributed by atoms with van der Waals surface area (Å²) in [7, 11) is -9.90. The average molecular weight is 1310 g/mol. The van der Waals surface area contributed by atoms with Crippen LogP contribution >= 0.6 is 15.6 Å². The number of aliphatic hydroxyl groups excluding tert-OH is 1. The highest BCUT2D eigenvalue weighted by Crippen LogP contribution is 2.45. The van der Waals surface area contributed by atoms with Crippen molar-refractivity contribution in [3.05, 3.63) is 0 Å². The van der Waals surface area contributed by atoms with Gasteiger partial charge >= 0.3 is 39.5 Å². The molecule has 0 aromatic heterocycles. The lowest BCUT2D eigenvalue weighted by atomic mass is 9.99. The second-order valence-electron chi connectivity index (χ2n) is 26.9. The minimum absolute atomic E-state index is 0.103. The van der Waals surface area contributed by atoms with Crippen molar-refractivity contribution in [1.29, 1.82) is 0 Å². The molecule has 6 atom stereocenters. The molecule has 0 fully saturated rings. The van der Waals surface area contributed by atoms with Gasteiger partial charge in [-0.25, -0.2) is 9.13 Å². The smallest absolute Gasteiger partial charge is 0.462 e. The maximum Gasteiger partial charge on any atom is 0.472 e. The van der Waals surface area contributed by atoms with E-state index in [2.05, 4.69) is 55.4 Å². The van der Waals surface area contributed by atoms with Gasteiger partial charge in [0.05, 0.1) is 26.4 Å². The average Bonchev–Trinajstić information content (AvgIpc) is 3.70. The van der Waals surface area contributed by atoms with Crippen LogP contribution < -0.4 is 0 Å². The fourth-order valence-corrected chi connectivity index (χ4v) is 12.0. The molecule has 0 rings (SSSR count). The molecule has 0 bridgehead atoms. The van der Waals surface area contributed by atoms with Gasteiger partial charge < -0.3 is 33.8 Å². The monoisotopic (exact) mass is 1310 g/mol. The first kappa shape index (κ1) is 87.1. The molecule has 3 unspecified atom stereocenters. The molecule has 0 aliphatic rings. The Kier molecular flexibility index (Phi) is 58.5. The number of esters is 4. The second kappa shape index (κ2) is 59.8. The largest absolute Gasteiger partial charge is 0.472 e. The van der Waals surface area contributed by atoms with Crippen LogP contribution in [-0.4, -0.2) is 96.7 Å². The molecule has 0 aliphatic heterocycles. The summed E-state index contributed by atoms with van der Waals surface area (Å²) in [6.45, 7) is 14.0. The Hall–Kier alpha value is -1.94. The molecule has 0 spiro atoms. The lowest BCUT2D eigenvalue weighted by Gasteiger charge is -2.21. The third-order valence-corrected chi connectivity index (χ3v) is 18.3. The standard InChI is InChI=1S/C70H136O17P2/c1-9-63(8)49-41-33-24-18-15-16-19-25-34-42-50-67(72)80-56-65(87-70(75)53-45-37-27-21-23-31-39-47-61(4)5)58-84-88(76,77)82-54-64(71)55-83-89(78,79)85-59-66(57-81-68(73)51-43-35-29-28-32-40-48-62(6)7)86-69(74)52-44-36-26-20-14-12-10-11-13-17-22-30-38-46-60(2)3/h60-66,71H,9-59H2,1-8H3,(H,76,77)(H,78,79)/t63?,64-,65-,66-/m1/s1. The molecule has 0 aromatic carbocycles. The quantitative estimate of drug-likeness (QED) is 0.0222. The summed E-state index contributed by atoms with van der Waals surface area (Å²) in [5.41, 5.74) is 0. The van der Waals surface area contributed by atoms with Gasteiger partial charge in [0, 0.05) is 25.7 Å². The summed E-state index contributed by atoms with van der Waals surface area (Å²) in [6.07, 6.45) is 41.8. The molecule has 0 aromatic rings. The van der Waals surface area contributed by atoms with Crippen molar-refractivity contribution < 1.29 is 80.2 Å². The lowest BCUT2D eigenvalue weighted by Crippen LogP contribution is -2.30. The van der Waals surface area contributed by atoms with Gasteiger partial charge in [-0.05, 0) is 49.4 Å². The van der Waals surface area contributed by atoms with E-state index in [1.807, 2.05) is 0 Å². The van der Waals surface area contributed by atoms with E-state index in [4.69, 9.17) is 37.0 Å². The van der Waals surface area contributed by atoms with Crippen molar-refractivity contribution in [1.82, 2.24) is 0 Å². The summed E-state index contributed by atoms with van der Waals surface area (Å²) in [5, 5.41) is 10.6. The number of phosphoric acid groups is 2. The van der Waals surface area contributed by atoms with Crippen LogP contribution in [0.1, 0.15) is 344 Å². The maximum absolute atomic E-state index is 13.0. The van der Waals surface area contributed by atoms with E-state index in [0.717, 1.165) is 108 Å². The Morgan fingerprint density at radius 2 is 0.539 bits per heavy atom. The van der Waals surface area contributed by atoms with E-state index in [-0.39, 0.29) is 25.7 Å². The zero-order valence-corrected chi connectivity index (χ0v) is 59.8. The van der Waals surface area contributed by atoms with Gasteiger partial charge in [-0.15, -0.1) is 0 Å². The van der Waals surface area contributed by atoms with Gasteiger partial charge in [0.25, 0.3) is 0 Å². The van der Waals surface area contributed by atoms with Gasteiger partial charge in [0.15, 0.2) is 12.2 Å². The first-order valence-corrected chi connectivity index (χ1v) is 39.2. The molecule has 0 heterocycles. The highest BCUT2D eigenvalue weighted by Gasteiger charge is 2.30. The number of phosphoric ester groups is 2. The molecule has 0 amide bonds. The van der Waals surface area contributed by atoms with Crippen LogP contribution in [0.25, 0.3) is 0 Å². The fraction of sp³-hybridized carbons (Fsp3) is 0.943. The summed E-state index contributed by atoms with van der Waals surface area (Å²) in [4.78, 5) is 72.5. The van der Waals surface area contributed by atoms with Crippen LogP contribution in [-0.2, 0) is 65.4 Å². The van der Waals surface area contributed by atoms with Gasteiger partial charge in [-0.2, -0.15) is 0 Å². The van der Waals surface area contributed by atoms with Gasteiger partial charge in [0.2, 0.25) is 0 Å². The Morgan fingerprint density at radius 3 is 0.798 bits per heavy atom. The maximum atomic E-state index is 13.0. The van der Waals surface area contributed by atoms with Gasteiger partial charge in [0.1, 0.15) is 19.3 Å². The number of hydrogen-bond donors (Lipinski definition) is 3. The Morgan fingerprint density at radius 1 is 0.315 bits per heavy atom. The van der Waals surface area contributed by atoms with Crippen LogP contribution in [0.3, 0.4) is 0 Å². The van der Waals surface area contributed by atoms with E-state index in [1.165, 1.54) is 141 Å². The SMILES string of the molecule is CCC(C)CCCCCCCCCCCCC(=O)OC[C@H](COP(=O)(O)OC[C@@H](O)COP(=O)(O)OC[C@@H](COC(=O)CCCCCCCCC(C)C)OC(=O)CCCCCCCCCCCCCCCC(C)C)OC(=O)CCCCCCCCCC(C)C. The molecular formula is C70H136O17P2. The normalized spacial score (nSPS) is 14.6. The van der Waals surface area contributed by atoms with E-state index in [1.54, 1.807) is 0 Å². The summed E-state index contributed by atoms with van der Waals surface area (Å²) in [6, 6.07) is 0. The number of unbranched alkanes of at least 4 members (excludes halogenated alkanes) is 32. The topological polar surface area (TPSA) is 237 Å². The highest BCUT2D eigenvalue weighted by molar-refractivity contribution is 7.47. The number of rotatable bonds is 67. The van der Waals surface area contributed by atoms with Crippen molar-refractivity contribution in [2.24, 2.45) is 23.7 Å². The summed E-state index contributed by atoms with van der Waals surface area (Å²) in [5.74, 6) is 0.838. The second-order valence-corrected chi connectivity index (χ2v) is 29.8. The van der Waals surface area contributed by atoms with Crippen molar-refractivity contribution >= 4 is 39.5 Å². The van der Waals surface area contributed by atoms with Crippen LogP contribution in [0.15, 0.2) is 0 Å². The van der Waals surface area contributed by atoms with Crippen molar-refractivity contribution in [2.75, 3.05) is 39.6 Å². The predicted molar refractivity (Wildman–Crippen MR) is 358 cm³/mol. The zero-order valence-electron chi connectivity index (χ0n) is 58.1. The fourth-order valence-electron chi connectivity index (χ4n) is 10.5. The molecule has 3 N–H and O–H groups in total. The van der Waals surface area contributed by atoms with Crippen LogP contribution in [0, 0.1) is 23.7 Å². The van der Waals surface area contributed by atoms with E-state index >= 15 is 0 Å². The van der Waals surface area contributed by atoms with Crippen LogP contribution in [0.5, 0.6) is 0 Å².